The van der Waals surface area contributed by atoms with Crippen molar-refractivity contribution in [3.8, 4) is 0 Å². The fourth-order valence-corrected chi connectivity index (χ4v) is 3.42. The van der Waals surface area contributed by atoms with Crippen LogP contribution in [-0.4, -0.2) is 29.0 Å². The van der Waals surface area contributed by atoms with Crippen molar-refractivity contribution in [2.45, 2.75) is 29.9 Å². The predicted molar refractivity (Wildman–Crippen MR) is 75.7 cm³/mol. The first kappa shape index (κ1) is 14.7. The Morgan fingerprint density at radius 2 is 1.95 bits per heavy atom. The lowest BCUT2D eigenvalue weighted by Crippen LogP contribution is -2.34. The lowest BCUT2D eigenvalue weighted by atomic mass is 9.89. The van der Waals surface area contributed by atoms with Crippen LogP contribution in [0.2, 0.25) is 0 Å². The number of nitro groups is 1. The Hall–Kier alpha value is -2.26. The fraction of sp³-hybridized carbons (Fsp3) is 0.308. The predicted octanol–water partition coefficient (Wildman–Crippen LogP) is 1.90. The highest BCUT2D eigenvalue weighted by Gasteiger charge is 2.36. The van der Waals surface area contributed by atoms with Gasteiger partial charge in [0.15, 0.2) is 0 Å². The summed E-state index contributed by atoms with van der Waals surface area (Å²) in [5.41, 5.74) is 0. The van der Waals surface area contributed by atoms with Crippen LogP contribution in [0.15, 0.2) is 47.8 Å². The van der Waals surface area contributed by atoms with Crippen LogP contribution in [0, 0.1) is 10.1 Å². The third-order valence-electron chi connectivity index (χ3n) is 3.56. The molecule has 22 heavy (non-hydrogen) atoms. The Bertz CT molecular complexity index is 781. The van der Waals surface area contributed by atoms with Crippen LogP contribution in [0.3, 0.4) is 0 Å². The minimum Gasteiger partial charge on any atom is -0.358 e. The summed E-state index contributed by atoms with van der Waals surface area (Å²) in [5.74, 6) is -0.221. The summed E-state index contributed by atoms with van der Waals surface area (Å²) in [6, 6.07) is 7.91. The molecule has 1 saturated carbocycles. The van der Waals surface area contributed by atoms with E-state index in [4.69, 9.17) is 4.18 Å². The van der Waals surface area contributed by atoms with Crippen LogP contribution in [0.1, 0.15) is 18.9 Å². The Morgan fingerprint density at radius 1 is 1.27 bits per heavy atom. The van der Waals surface area contributed by atoms with Crippen molar-refractivity contribution < 1.29 is 17.5 Å². The maximum Gasteiger partial charge on any atom is 0.381 e. The van der Waals surface area contributed by atoms with Gasteiger partial charge in [-0.1, -0.05) is 18.2 Å². The Kier molecular flexibility index (Phi) is 3.67. The summed E-state index contributed by atoms with van der Waals surface area (Å²) in [5, 5.41) is 10.6. The van der Waals surface area contributed by atoms with Crippen molar-refractivity contribution in [1.29, 1.82) is 0 Å². The quantitative estimate of drug-likeness (QED) is 0.473. The lowest BCUT2D eigenvalue weighted by Gasteiger charge is -2.34. The van der Waals surface area contributed by atoms with Crippen LogP contribution >= 0.6 is 0 Å². The zero-order valence-electron chi connectivity index (χ0n) is 11.4. The molecule has 0 aliphatic heterocycles. The Balaban J connectivity index is 1.60. The van der Waals surface area contributed by atoms with Gasteiger partial charge in [0.2, 0.25) is 6.33 Å². The van der Waals surface area contributed by atoms with Gasteiger partial charge in [-0.25, -0.2) is 0 Å². The van der Waals surface area contributed by atoms with Gasteiger partial charge in [0, 0.05) is 6.04 Å². The van der Waals surface area contributed by atoms with E-state index in [2.05, 4.69) is 4.98 Å². The fourth-order valence-electron chi connectivity index (χ4n) is 2.30. The van der Waals surface area contributed by atoms with E-state index in [-0.39, 0.29) is 16.8 Å². The number of aromatic nitrogens is 2. The molecule has 1 fully saturated rings. The summed E-state index contributed by atoms with van der Waals surface area (Å²) in [6.45, 7) is 0. The standard InChI is InChI=1S/C13H13N3O5S/c17-16(18)13-8-15(9-14-13)10-6-11(7-10)21-22(19,20)12-4-2-1-3-5-12/h1-5,8-11H,6-7H2. The number of hydrogen-bond acceptors (Lipinski definition) is 6. The van der Waals surface area contributed by atoms with E-state index >= 15 is 0 Å². The number of rotatable bonds is 5. The highest BCUT2D eigenvalue weighted by atomic mass is 32.2. The number of benzene rings is 1. The molecule has 0 spiro atoms. The largest absolute Gasteiger partial charge is 0.381 e. The van der Waals surface area contributed by atoms with Gasteiger partial charge in [-0.3, -0.25) is 4.18 Å². The van der Waals surface area contributed by atoms with Crippen molar-refractivity contribution in [2.24, 2.45) is 0 Å². The third kappa shape index (κ3) is 2.85. The van der Waals surface area contributed by atoms with E-state index in [0.717, 1.165) is 0 Å². The summed E-state index contributed by atoms with van der Waals surface area (Å²) < 4.78 is 30.9. The molecule has 0 amide bonds. The molecule has 2 aromatic rings. The molecule has 8 nitrogen and oxygen atoms in total. The van der Waals surface area contributed by atoms with Gasteiger partial charge in [0.05, 0.1) is 11.0 Å². The highest BCUT2D eigenvalue weighted by molar-refractivity contribution is 7.86. The average Bonchev–Trinajstić information content (AvgIpc) is 2.93. The van der Waals surface area contributed by atoms with E-state index in [1.54, 1.807) is 22.8 Å². The molecule has 0 bridgehead atoms. The normalized spacial score (nSPS) is 21.3. The van der Waals surface area contributed by atoms with Crippen LogP contribution in [0.4, 0.5) is 5.82 Å². The first-order valence-corrected chi connectivity index (χ1v) is 8.03. The lowest BCUT2D eigenvalue weighted by molar-refractivity contribution is -0.389. The van der Waals surface area contributed by atoms with Gasteiger partial charge < -0.3 is 14.7 Å². The van der Waals surface area contributed by atoms with Crippen LogP contribution in [-0.2, 0) is 14.3 Å². The van der Waals surface area contributed by atoms with Crippen molar-refractivity contribution >= 4 is 15.9 Å². The molecular formula is C13H13N3O5S. The zero-order valence-corrected chi connectivity index (χ0v) is 12.2. The maximum absolute atomic E-state index is 12.0. The first-order chi connectivity index (χ1) is 10.5. The molecule has 0 N–H and O–H groups in total. The van der Waals surface area contributed by atoms with Gasteiger partial charge in [-0.15, -0.1) is 0 Å². The van der Waals surface area contributed by atoms with E-state index < -0.39 is 21.1 Å². The van der Waals surface area contributed by atoms with Gasteiger partial charge in [0.25, 0.3) is 10.1 Å². The molecular weight excluding hydrogens is 310 g/mol. The van der Waals surface area contributed by atoms with Gasteiger partial charge >= 0.3 is 5.82 Å². The number of nitrogens with zero attached hydrogens (tertiary/aromatic N) is 3. The molecule has 1 aliphatic rings. The molecule has 1 aliphatic carbocycles. The van der Waals surface area contributed by atoms with Crippen molar-refractivity contribution in [3.63, 3.8) is 0 Å². The third-order valence-corrected chi connectivity index (χ3v) is 4.94. The molecule has 9 heteroatoms. The second kappa shape index (κ2) is 5.50. The molecule has 0 radical (unpaired) electrons. The molecule has 0 unspecified atom stereocenters. The van der Waals surface area contributed by atoms with Gasteiger partial charge in [-0.2, -0.15) is 8.42 Å². The molecule has 1 aromatic carbocycles. The van der Waals surface area contributed by atoms with Crippen LogP contribution in [0.25, 0.3) is 0 Å². The van der Waals surface area contributed by atoms with Gasteiger partial charge in [-0.05, 0) is 34.9 Å². The average molecular weight is 323 g/mol. The molecule has 1 aromatic heterocycles. The molecule has 0 saturated heterocycles. The second-order valence-electron chi connectivity index (χ2n) is 5.05. The highest BCUT2D eigenvalue weighted by Crippen LogP contribution is 2.36. The first-order valence-electron chi connectivity index (χ1n) is 6.62. The smallest absolute Gasteiger partial charge is 0.358 e. The van der Waals surface area contributed by atoms with Crippen molar-refractivity contribution in [1.82, 2.24) is 9.55 Å². The monoisotopic (exact) mass is 323 g/mol. The van der Waals surface area contributed by atoms with Crippen LogP contribution in [0.5, 0.6) is 0 Å². The summed E-state index contributed by atoms with van der Waals surface area (Å²) in [7, 11) is -3.77. The topological polar surface area (TPSA) is 104 Å². The zero-order chi connectivity index (χ0) is 15.7. The molecule has 3 rings (SSSR count). The van der Waals surface area contributed by atoms with E-state index in [0.29, 0.717) is 12.8 Å². The van der Waals surface area contributed by atoms with E-state index in [1.807, 2.05) is 0 Å². The SMILES string of the molecule is O=[N+]([O-])c1cn(C2CC(OS(=O)(=O)c3ccccc3)C2)cn1. The van der Waals surface area contributed by atoms with E-state index in [1.165, 1.54) is 24.7 Å². The summed E-state index contributed by atoms with van der Waals surface area (Å²) >= 11 is 0. The Morgan fingerprint density at radius 3 is 2.55 bits per heavy atom. The summed E-state index contributed by atoms with van der Waals surface area (Å²) in [6.07, 6.45) is 3.24. The minimum atomic E-state index is -3.77. The molecule has 116 valence electrons. The van der Waals surface area contributed by atoms with Gasteiger partial charge in [0.1, 0.15) is 6.20 Å². The van der Waals surface area contributed by atoms with Crippen LogP contribution < -0.4 is 0 Å². The number of imidazole rings is 1. The van der Waals surface area contributed by atoms with Crippen molar-refractivity contribution in [2.75, 3.05) is 0 Å². The molecule has 1 heterocycles. The second-order valence-corrected chi connectivity index (χ2v) is 6.62. The number of hydrogen-bond donors (Lipinski definition) is 0. The van der Waals surface area contributed by atoms with E-state index in [9.17, 15) is 18.5 Å². The Labute approximate surface area is 126 Å². The maximum atomic E-state index is 12.0. The minimum absolute atomic E-state index is 0.0304. The van der Waals surface area contributed by atoms with Crippen molar-refractivity contribution in [3.05, 3.63) is 53.0 Å². The summed E-state index contributed by atoms with van der Waals surface area (Å²) in [4.78, 5) is 13.8. The molecule has 0 atom stereocenters.